The van der Waals surface area contributed by atoms with Crippen LogP contribution in [0.1, 0.15) is 38.2 Å². The molecule has 18 heavy (non-hydrogen) atoms. The Labute approximate surface area is 113 Å². The molecule has 1 aromatic rings. The molecule has 5 heteroatoms. The number of aromatic nitrogens is 2. The lowest BCUT2D eigenvalue weighted by Crippen LogP contribution is -2.17. The first kappa shape index (κ1) is 13.5. The number of anilines is 2. The summed E-state index contributed by atoms with van der Waals surface area (Å²) in [6.07, 6.45) is 4.29. The highest BCUT2D eigenvalue weighted by Gasteiger charge is 2.18. The maximum absolute atomic E-state index is 4.40. The van der Waals surface area contributed by atoms with Crippen molar-refractivity contribution in [1.29, 1.82) is 0 Å². The lowest BCUT2D eigenvalue weighted by molar-refractivity contribution is 0.795. The predicted octanol–water partition coefficient (Wildman–Crippen LogP) is 2.95. The minimum absolute atomic E-state index is 0.410. The summed E-state index contributed by atoms with van der Waals surface area (Å²) in [5.74, 6) is 3.63. The van der Waals surface area contributed by atoms with Crippen molar-refractivity contribution in [2.75, 3.05) is 30.0 Å². The van der Waals surface area contributed by atoms with Gasteiger partial charge >= 0.3 is 0 Å². The van der Waals surface area contributed by atoms with Gasteiger partial charge in [0.15, 0.2) is 0 Å². The third-order valence-corrected chi connectivity index (χ3v) is 4.62. The van der Waals surface area contributed by atoms with E-state index in [0.717, 1.165) is 23.4 Å². The number of hydrogen-bond donors (Lipinski definition) is 2. The fourth-order valence-corrected chi connectivity index (χ4v) is 3.50. The number of thioether (sulfide) groups is 1. The largest absolute Gasteiger partial charge is 0.373 e. The molecule has 0 radical (unpaired) electrons. The molecular weight excluding hydrogens is 244 g/mol. The number of rotatable bonds is 5. The van der Waals surface area contributed by atoms with E-state index >= 15 is 0 Å². The van der Waals surface area contributed by atoms with E-state index in [1.165, 1.54) is 24.2 Å². The van der Waals surface area contributed by atoms with Crippen LogP contribution in [0.5, 0.6) is 0 Å². The Kier molecular flexibility index (Phi) is 4.69. The van der Waals surface area contributed by atoms with E-state index in [2.05, 4.69) is 46.2 Å². The zero-order valence-electron chi connectivity index (χ0n) is 11.4. The van der Waals surface area contributed by atoms with Gasteiger partial charge < -0.3 is 10.6 Å². The Morgan fingerprint density at radius 3 is 2.78 bits per heavy atom. The molecule has 2 N–H and O–H groups in total. The van der Waals surface area contributed by atoms with Crippen LogP contribution in [0.2, 0.25) is 0 Å². The fraction of sp³-hybridized carbons (Fsp3) is 0.692. The lowest BCUT2D eigenvalue weighted by atomic mass is 10.0. The van der Waals surface area contributed by atoms with Crippen molar-refractivity contribution in [3.05, 3.63) is 11.9 Å². The highest BCUT2D eigenvalue weighted by Crippen LogP contribution is 2.30. The lowest BCUT2D eigenvalue weighted by Gasteiger charge is -2.18. The second kappa shape index (κ2) is 6.27. The number of nitrogens with zero attached hydrogens (tertiary/aromatic N) is 2. The first-order chi connectivity index (χ1) is 8.72. The molecule has 1 aliphatic heterocycles. The fourth-order valence-electron chi connectivity index (χ4n) is 2.30. The first-order valence-electron chi connectivity index (χ1n) is 6.60. The Hall–Kier alpha value is -0.970. The Morgan fingerprint density at radius 1 is 1.39 bits per heavy atom. The number of hydrogen-bond acceptors (Lipinski definition) is 5. The van der Waals surface area contributed by atoms with Gasteiger partial charge in [-0.1, -0.05) is 13.8 Å². The van der Waals surface area contributed by atoms with E-state index in [9.17, 15) is 0 Å². The van der Waals surface area contributed by atoms with Gasteiger partial charge in [-0.15, -0.1) is 0 Å². The SMILES string of the molecule is CNc1ncnc(NCC2CCCS2)c1C(C)C. The van der Waals surface area contributed by atoms with Crippen molar-refractivity contribution in [3.63, 3.8) is 0 Å². The molecular formula is C13H22N4S. The second-order valence-corrected chi connectivity index (χ2v) is 6.31. The third kappa shape index (κ3) is 3.07. The van der Waals surface area contributed by atoms with Crippen molar-refractivity contribution < 1.29 is 0 Å². The highest BCUT2D eigenvalue weighted by atomic mass is 32.2. The van der Waals surface area contributed by atoms with E-state index in [1.54, 1.807) is 6.33 Å². The normalized spacial score (nSPS) is 19.2. The monoisotopic (exact) mass is 266 g/mol. The standard InChI is InChI=1S/C13H22N4S/c1-9(2)11-12(14-3)16-8-17-13(11)15-7-10-5-4-6-18-10/h8-10H,4-7H2,1-3H3,(H2,14,15,16,17). The van der Waals surface area contributed by atoms with Crippen molar-refractivity contribution in [2.24, 2.45) is 0 Å². The summed E-state index contributed by atoms with van der Waals surface area (Å²) < 4.78 is 0. The molecule has 1 fully saturated rings. The minimum Gasteiger partial charge on any atom is -0.373 e. The van der Waals surface area contributed by atoms with E-state index in [0.29, 0.717) is 5.92 Å². The van der Waals surface area contributed by atoms with Crippen LogP contribution in [0.4, 0.5) is 11.6 Å². The zero-order chi connectivity index (χ0) is 13.0. The van der Waals surface area contributed by atoms with E-state index in [1.807, 2.05) is 7.05 Å². The van der Waals surface area contributed by atoms with Gasteiger partial charge in [-0.2, -0.15) is 11.8 Å². The molecule has 0 spiro atoms. The molecule has 1 saturated heterocycles. The Balaban J connectivity index is 2.10. The number of nitrogens with one attached hydrogen (secondary N) is 2. The maximum atomic E-state index is 4.40. The smallest absolute Gasteiger partial charge is 0.135 e. The molecule has 1 atom stereocenters. The molecule has 0 saturated carbocycles. The van der Waals surface area contributed by atoms with Crippen LogP contribution in [-0.4, -0.2) is 34.6 Å². The van der Waals surface area contributed by atoms with Crippen LogP contribution in [0.15, 0.2) is 6.33 Å². The van der Waals surface area contributed by atoms with Crippen LogP contribution >= 0.6 is 11.8 Å². The molecule has 2 rings (SSSR count). The zero-order valence-corrected chi connectivity index (χ0v) is 12.2. The molecule has 0 bridgehead atoms. The van der Waals surface area contributed by atoms with Crippen LogP contribution in [0.3, 0.4) is 0 Å². The van der Waals surface area contributed by atoms with Crippen molar-refractivity contribution in [3.8, 4) is 0 Å². The predicted molar refractivity (Wildman–Crippen MR) is 79.6 cm³/mol. The average Bonchev–Trinajstić information content (AvgIpc) is 2.88. The van der Waals surface area contributed by atoms with Gasteiger partial charge in [0.2, 0.25) is 0 Å². The van der Waals surface area contributed by atoms with E-state index < -0.39 is 0 Å². The van der Waals surface area contributed by atoms with Crippen molar-refractivity contribution >= 4 is 23.4 Å². The van der Waals surface area contributed by atoms with Crippen LogP contribution in [-0.2, 0) is 0 Å². The third-order valence-electron chi connectivity index (χ3n) is 3.22. The van der Waals surface area contributed by atoms with Crippen LogP contribution in [0, 0.1) is 0 Å². The van der Waals surface area contributed by atoms with Gasteiger partial charge in [0, 0.05) is 24.4 Å². The molecule has 0 aliphatic carbocycles. The summed E-state index contributed by atoms with van der Waals surface area (Å²) in [6.45, 7) is 5.36. The van der Waals surface area contributed by atoms with Crippen LogP contribution < -0.4 is 10.6 Å². The maximum Gasteiger partial charge on any atom is 0.135 e. The molecule has 1 aromatic heterocycles. The quantitative estimate of drug-likeness (QED) is 0.858. The average molecular weight is 266 g/mol. The first-order valence-corrected chi connectivity index (χ1v) is 7.65. The van der Waals surface area contributed by atoms with Crippen LogP contribution in [0.25, 0.3) is 0 Å². The van der Waals surface area contributed by atoms with Crippen molar-refractivity contribution in [1.82, 2.24) is 9.97 Å². The van der Waals surface area contributed by atoms with Gasteiger partial charge in [-0.05, 0) is 24.5 Å². The van der Waals surface area contributed by atoms with Gasteiger partial charge in [-0.25, -0.2) is 9.97 Å². The molecule has 1 aliphatic rings. The van der Waals surface area contributed by atoms with Gasteiger partial charge in [-0.3, -0.25) is 0 Å². The Morgan fingerprint density at radius 2 is 2.17 bits per heavy atom. The van der Waals surface area contributed by atoms with Gasteiger partial charge in [0.05, 0.1) is 0 Å². The molecule has 100 valence electrons. The van der Waals surface area contributed by atoms with E-state index in [4.69, 9.17) is 0 Å². The molecule has 1 unspecified atom stereocenters. The summed E-state index contributed by atoms with van der Waals surface area (Å²) in [5, 5.41) is 7.38. The summed E-state index contributed by atoms with van der Waals surface area (Å²) in [6, 6.07) is 0. The second-order valence-electron chi connectivity index (χ2n) is 4.91. The Bertz CT molecular complexity index is 389. The molecule has 0 amide bonds. The van der Waals surface area contributed by atoms with Gasteiger partial charge in [0.1, 0.15) is 18.0 Å². The summed E-state index contributed by atoms with van der Waals surface area (Å²) in [7, 11) is 1.91. The summed E-state index contributed by atoms with van der Waals surface area (Å²) in [5.41, 5.74) is 1.18. The minimum atomic E-state index is 0.410. The molecule has 2 heterocycles. The molecule has 0 aromatic carbocycles. The van der Waals surface area contributed by atoms with E-state index in [-0.39, 0.29) is 0 Å². The summed E-state index contributed by atoms with van der Waals surface area (Å²) >= 11 is 2.06. The highest BCUT2D eigenvalue weighted by molar-refractivity contribution is 8.00. The van der Waals surface area contributed by atoms with Crippen molar-refractivity contribution in [2.45, 2.75) is 37.9 Å². The van der Waals surface area contributed by atoms with Gasteiger partial charge in [0.25, 0.3) is 0 Å². The summed E-state index contributed by atoms with van der Waals surface area (Å²) in [4.78, 5) is 8.69. The molecule has 4 nitrogen and oxygen atoms in total. The topological polar surface area (TPSA) is 49.8 Å².